The monoisotopic (exact) mass is 309 g/mol. The number of hydrogen-bond acceptors (Lipinski definition) is 3. The van der Waals surface area contributed by atoms with Crippen molar-refractivity contribution in [2.24, 2.45) is 11.8 Å². The molecular weight excluding hydrogens is 286 g/mol. The SMILES string of the molecule is CC1CC(C)CN(C(=O)c2ccc(CS(C)(=O)=O)cc2)C1. The molecule has 0 saturated carbocycles. The molecule has 2 atom stereocenters. The van der Waals surface area contributed by atoms with Crippen molar-refractivity contribution >= 4 is 15.7 Å². The number of carbonyl (C=O) groups is 1. The van der Waals surface area contributed by atoms with Crippen molar-refractivity contribution in [1.29, 1.82) is 0 Å². The lowest BCUT2D eigenvalue weighted by Gasteiger charge is -2.35. The van der Waals surface area contributed by atoms with Gasteiger partial charge in [-0.2, -0.15) is 0 Å². The van der Waals surface area contributed by atoms with Crippen molar-refractivity contribution < 1.29 is 13.2 Å². The van der Waals surface area contributed by atoms with Crippen LogP contribution in [-0.4, -0.2) is 38.6 Å². The summed E-state index contributed by atoms with van der Waals surface area (Å²) in [4.78, 5) is 14.4. The van der Waals surface area contributed by atoms with Crippen LogP contribution in [0.1, 0.15) is 36.2 Å². The van der Waals surface area contributed by atoms with Crippen molar-refractivity contribution in [3.8, 4) is 0 Å². The molecule has 0 aliphatic carbocycles. The van der Waals surface area contributed by atoms with Gasteiger partial charge in [0.15, 0.2) is 9.84 Å². The van der Waals surface area contributed by atoms with Gasteiger partial charge in [0.2, 0.25) is 0 Å². The summed E-state index contributed by atoms with van der Waals surface area (Å²) in [6, 6.07) is 6.91. The van der Waals surface area contributed by atoms with Gasteiger partial charge < -0.3 is 4.90 Å². The second-order valence-corrected chi connectivity index (χ2v) is 8.56. The summed E-state index contributed by atoms with van der Waals surface area (Å²) in [5.41, 5.74) is 1.35. The normalized spacial score (nSPS) is 23.1. The molecule has 21 heavy (non-hydrogen) atoms. The number of benzene rings is 1. The van der Waals surface area contributed by atoms with E-state index >= 15 is 0 Å². The van der Waals surface area contributed by atoms with Crippen LogP contribution < -0.4 is 0 Å². The number of rotatable bonds is 3. The summed E-state index contributed by atoms with van der Waals surface area (Å²) < 4.78 is 22.5. The minimum Gasteiger partial charge on any atom is -0.338 e. The number of piperidine rings is 1. The van der Waals surface area contributed by atoms with E-state index < -0.39 is 9.84 Å². The van der Waals surface area contributed by atoms with Crippen molar-refractivity contribution in [1.82, 2.24) is 4.90 Å². The van der Waals surface area contributed by atoms with E-state index in [1.807, 2.05) is 4.90 Å². The predicted octanol–water partition coefficient (Wildman–Crippen LogP) is 2.35. The predicted molar refractivity (Wildman–Crippen MR) is 83.8 cm³/mol. The quantitative estimate of drug-likeness (QED) is 0.861. The van der Waals surface area contributed by atoms with E-state index in [9.17, 15) is 13.2 Å². The zero-order valence-corrected chi connectivity index (χ0v) is 13.7. The van der Waals surface area contributed by atoms with E-state index in [1.54, 1.807) is 24.3 Å². The van der Waals surface area contributed by atoms with Crippen molar-refractivity contribution in [2.45, 2.75) is 26.0 Å². The first-order valence-corrected chi connectivity index (χ1v) is 9.36. The Morgan fingerprint density at radius 2 is 1.67 bits per heavy atom. The molecule has 1 aliphatic rings. The van der Waals surface area contributed by atoms with Crippen molar-refractivity contribution in [3.05, 3.63) is 35.4 Å². The Hall–Kier alpha value is -1.36. The summed E-state index contributed by atoms with van der Waals surface area (Å²) in [6.07, 6.45) is 2.37. The highest BCUT2D eigenvalue weighted by atomic mass is 32.2. The van der Waals surface area contributed by atoms with Crippen LogP contribution in [0.15, 0.2) is 24.3 Å². The number of likely N-dealkylation sites (tertiary alicyclic amines) is 1. The van der Waals surface area contributed by atoms with E-state index in [0.717, 1.165) is 25.1 Å². The maximum absolute atomic E-state index is 12.5. The highest BCUT2D eigenvalue weighted by Crippen LogP contribution is 2.22. The van der Waals surface area contributed by atoms with Crippen LogP contribution >= 0.6 is 0 Å². The Kier molecular flexibility index (Phi) is 4.71. The highest BCUT2D eigenvalue weighted by molar-refractivity contribution is 7.89. The zero-order chi connectivity index (χ0) is 15.6. The number of carbonyl (C=O) groups excluding carboxylic acids is 1. The number of sulfone groups is 1. The second-order valence-electron chi connectivity index (χ2n) is 6.42. The zero-order valence-electron chi connectivity index (χ0n) is 12.9. The number of amides is 1. The lowest BCUT2D eigenvalue weighted by Crippen LogP contribution is -2.42. The van der Waals surface area contributed by atoms with Crippen molar-refractivity contribution in [3.63, 3.8) is 0 Å². The van der Waals surface area contributed by atoms with Gasteiger partial charge in [-0.15, -0.1) is 0 Å². The fourth-order valence-corrected chi connectivity index (χ4v) is 3.86. The first kappa shape index (κ1) is 16.0. The molecule has 0 bridgehead atoms. The Labute approximate surface area is 127 Å². The molecule has 1 fully saturated rings. The average molecular weight is 309 g/mol. The van der Waals surface area contributed by atoms with E-state index in [-0.39, 0.29) is 11.7 Å². The Bertz CT molecular complexity index is 597. The van der Waals surface area contributed by atoms with Crippen LogP contribution in [-0.2, 0) is 15.6 Å². The molecule has 0 N–H and O–H groups in total. The van der Waals surface area contributed by atoms with Crippen LogP contribution in [0.2, 0.25) is 0 Å². The number of nitrogens with zero attached hydrogens (tertiary/aromatic N) is 1. The standard InChI is InChI=1S/C16H23NO3S/c1-12-8-13(2)10-17(9-12)16(18)15-6-4-14(5-7-15)11-21(3,19)20/h4-7,12-13H,8-11H2,1-3H3. The molecule has 1 heterocycles. The molecule has 0 radical (unpaired) electrons. The van der Waals surface area contributed by atoms with Gasteiger partial charge in [-0.25, -0.2) is 8.42 Å². The van der Waals surface area contributed by atoms with Gasteiger partial charge in [0.25, 0.3) is 5.91 Å². The Morgan fingerprint density at radius 1 is 1.14 bits per heavy atom. The van der Waals surface area contributed by atoms with E-state index in [2.05, 4.69) is 13.8 Å². The molecule has 4 nitrogen and oxygen atoms in total. The van der Waals surface area contributed by atoms with Crippen LogP contribution in [0.3, 0.4) is 0 Å². The van der Waals surface area contributed by atoms with Gasteiger partial charge >= 0.3 is 0 Å². The van der Waals surface area contributed by atoms with Crippen LogP contribution in [0, 0.1) is 11.8 Å². The number of hydrogen-bond donors (Lipinski definition) is 0. The lowest BCUT2D eigenvalue weighted by atomic mass is 9.91. The molecule has 5 heteroatoms. The van der Waals surface area contributed by atoms with Gasteiger partial charge in [-0.3, -0.25) is 4.79 Å². The fourth-order valence-electron chi connectivity index (χ4n) is 3.06. The summed E-state index contributed by atoms with van der Waals surface area (Å²) >= 11 is 0. The van der Waals surface area contributed by atoms with Crippen LogP contribution in [0.5, 0.6) is 0 Å². The van der Waals surface area contributed by atoms with Crippen LogP contribution in [0.4, 0.5) is 0 Å². The minimum absolute atomic E-state index is 0.0131. The maximum atomic E-state index is 12.5. The molecule has 1 saturated heterocycles. The smallest absolute Gasteiger partial charge is 0.253 e. The van der Waals surface area contributed by atoms with Gasteiger partial charge in [0.1, 0.15) is 0 Å². The molecular formula is C16H23NO3S. The maximum Gasteiger partial charge on any atom is 0.253 e. The molecule has 1 aliphatic heterocycles. The van der Waals surface area contributed by atoms with Gasteiger partial charge in [0.05, 0.1) is 5.75 Å². The molecule has 0 spiro atoms. The first-order chi connectivity index (χ1) is 9.74. The second kappa shape index (κ2) is 6.18. The van der Waals surface area contributed by atoms with Crippen molar-refractivity contribution in [2.75, 3.05) is 19.3 Å². The van der Waals surface area contributed by atoms with E-state index in [0.29, 0.717) is 17.4 Å². The molecule has 1 aromatic carbocycles. The molecule has 2 unspecified atom stereocenters. The summed E-state index contributed by atoms with van der Waals surface area (Å²) in [7, 11) is -3.04. The van der Waals surface area contributed by atoms with E-state index in [1.165, 1.54) is 6.26 Å². The molecule has 2 rings (SSSR count). The summed E-state index contributed by atoms with van der Waals surface area (Å²) in [5.74, 6) is 1.11. The Balaban J connectivity index is 2.09. The molecule has 116 valence electrons. The summed E-state index contributed by atoms with van der Waals surface area (Å²) in [6.45, 7) is 5.94. The van der Waals surface area contributed by atoms with E-state index in [4.69, 9.17) is 0 Å². The van der Waals surface area contributed by atoms with Gasteiger partial charge in [-0.05, 0) is 36.0 Å². The third kappa shape index (κ3) is 4.56. The minimum atomic E-state index is -3.04. The topological polar surface area (TPSA) is 54.5 Å². The fraction of sp³-hybridized carbons (Fsp3) is 0.562. The highest BCUT2D eigenvalue weighted by Gasteiger charge is 2.26. The van der Waals surface area contributed by atoms with Gasteiger partial charge in [-0.1, -0.05) is 26.0 Å². The Morgan fingerprint density at radius 3 is 2.14 bits per heavy atom. The first-order valence-electron chi connectivity index (χ1n) is 7.30. The molecule has 0 aromatic heterocycles. The largest absolute Gasteiger partial charge is 0.338 e. The third-order valence-corrected chi connectivity index (χ3v) is 4.64. The lowest BCUT2D eigenvalue weighted by molar-refractivity contribution is 0.0623. The average Bonchev–Trinajstić information content (AvgIpc) is 2.35. The summed E-state index contributed by atoms with van der Waals surface area (Å²) in [5, 5.41) is 0. The molecule has 1 aromatic rings. The third-order valence-electron chi connectivity index (χ3n) is 3.79. The molecule has 1 amide bonds. The van der Waals surface area contributed by atoms with Crippen LogP contribution in [0.25, 0.3) is 0 Å². The van der Waals surface area contributed by atoms with Gasteiger partial charge in [0, 0.05) is 24.9 Å².